The molecule has 0 aliphatic heterocycles. The van der Waals surface area contributed by atoms with Crippen molar-refractivity contribution in [2.24, 2.45) is 0 Å². The maximum Gasteiger partial charge on any atom is 0.341 e. The van der Waals surface area contributed by atoms with Gasteiger partial charge in [-0.25, -0.2) is 14.4 Å². The SMILES string of the molecule is COC(=O)c1ccccc1OC(=O)COCCOCC(=O)Oc1ccccc1C(C)=O. The zero-order chi connectivity index (χ0) is 22.6. The van der Waals surface area contributed by atoms with Crippen LogP contribution in [-0.2, 0) is 23.8 Å². The predicted octanol–water partition coefficient (Wildman–Crippen LogP) is 2.22. The average Bonchev–Trinajstić information content (AvgIpc) is 2.76. The van der Waals surface area contributed by atoms with E-state index in [0.29, 0.717) is 5.56 Å². The predicted molar refractivity (Wildman–Crippen MR) is 107 cm³/mol. The fraction of sp³-hybridized carbons (Fsp3) is 0.273. The summed E-state index contributed by atoms with van der Waals surface area (Å²) < 4.78 is 25.1. The van der Waals surface area contributed by atoms with Crippen molar-refractivity contribution < 1.29 is 42.9 Å². The number of methoxy groups -OCH3 is 1. The van der Waals surface area contributed by atoms with E-state index in [9.17, 15) is 19.2 Å². The zero-order valence-electron chi connectivity index (χ0n) is 17.1. The molecule has 0 radical (unpaired) electrons. The van der Waals surface area contributed by atoms with Crippen LogP contribution in [0.5, 0.6) is 11.5 Å². The molecule has 31 heavy (non-hydrogen) atoms. The minimum Gasteiger partial charge on any atom is -0.465 e. The molecule has 0 atom stereocenters. The Morgan fingerprint density at radius 1 is 0.710 bits per heavy atom. The molecule has 0 amide bonds. The number of carbonyl (C=O) groups is 4. The van der Waals surface area contributed by atoms with Gasteiger partial charge in [-0.15, -0.1) is 0 Å². The average molecular weight is 430 g/mol. The fourth-order valence-corrected chi connectivity index (χ4v) is 2.41. The maximum absolute atomic E-state index is 11.9. The molecular weight excluding hydrogens is 408 g/mol. The van der Waals surface area contributed by atoms with Crippen LogP contribution < -0.4 is 9.47 Å². The molecule has 9 heteroatoms. The molecule has 9 nitrogen and oxygen atoms in total. The molecule has 0 heterocycles. The van der Waals surface area contributed by atoms with E-state index in [2.05, 4.69) is 4.74 Å². The number of ether oxygens (including phenoxy) is 5. The number of Topliss-reactive ketones (excluding diaryl/α,β-unsaturated/α-hetero) is 1. The Morgan fingerprint density at radius 2 is 1.16 bits per heavy atom. The summed E-state index contributed by atoms with van der Waals surface area (Å²) in [4.78, 5) is 46.9. The van der Waals surface area contributed by atoms with E-state index in [1.807, 2.05) is 0 Å². The van der Waals surface area contributed by atoms with Crippen molar-refractivity contribution in [3.05, 3.63) is 59.7 Å². The second kappa shape index (κ2) is 12.2. The van der Waals surface area contributed by atoms with Gasteiger partial charge < -0.3 is 23.7 Å². The number of para-hydroxylation sites is 2. The lowest BCUT2D eigenvalue weighted by Crippen LogP contribution is -2.21. The van der Waals surface area contributed by atoms with Crippen molar-refractivity contribution in [3.8, 4) is 11.5 Å². The summed E-state index contributed by atoms with van der Waals surface area (Å²) in [5.41, 5.74) is 0.415. The molecule has 2 rings (SSSR count). The molecule has 164 valence electrons. The first-order valence-electron chi connectivity index (χ1n) is 9.26. The Morgan fingerprint density at radius 3 is 1.65 bits per heavy atom. The molecule has 0 aliphatic rings. The maximum atomic E-state index is 11.9. The van der Waals surface area contributed by atoms with Crippen LogP contribution in [0.4, 0.5) is 0 Å². The van der Waals surface area contributed by atoms with Crippen molar-refractivity contribution in [1.29, 1.82) is 0 Å². The first kappa shape index (κ1) is 23.7. The van der Waals surface area contributed by atoms with Crippen molar-refractivity contribution in [2.75, 3.05) is 33.5 Å². The standard InChI is InChI=1S/C22H22O9/c1-15(23)16-7-3-5-9-18(16)30-20(24)13-28-11-12-29-14-21(25)31-19-10-6-4-8-17(19)22(26)27-2/h3-10H,11-14H2,1-2H3. The number of ketones is 1. The van der Waals surface area contributed by atoms with Gasteiger partial charge in [-0.05, 0) is 31.2 Å². The van der Waals surface area contributed by atoms with E-state index >= 15 is 0 Å². The number of rotatable bonds is 11. The number of hydrogen-bond donors (Lipinski definition) is 0. The quantitative estimate of drug-likeness (QED) is 0.229. The highest BCUT2D eigenvalue weighted by Gasteiger charge is 2.15. The fourth-order valence-electron chi connectivity index (χ4n) is 2.41. The monoisotopic (exact) mass is 430 g/mol. The van der Waals surface area contributed by atoms with Crippen LogP contribution in [0.25, 0.3) is 0 Å². The van der Waals surface area contributed by atoms with E-state index in [4.69, 9.17) is 18.9 Å². The molecule has 0 aromatic heterocycles. The summed E-state index contributed by atoms with van der Waals surface area (Å²) >= 11 is 0. The first-order valence-corrected chi connectivity index (χ1v) is 9.26. The van der Waals surface area contributed by atoms with Gasteiger partial charge in [0.05, 0.1) is 25.9 Å². The highest BCUT2D eigenvalue weighted by molar-refractivity contribution is 5.97. The topological polar surface area (TPSA) is 114 Å². The van der Waals surface area contributed by atoms with Crippen LogP contribution in [-0.4, -0.2) is 57.2 Å². The van der Waals surface area contributed by atoms with Gasteiger partial charge in [0.1, 0.15) is 30.3 Å². The van der Waals surface area contributed by atoms with Crippen molar-refractivity contribution in [2.45, 2.75) is 6.92 Å². The van der Waals surface area contributed by atoms with Gasteiger partial charge in [-0.2, -0.15) is 0 Å². The minimum absolute atomic E-state index is 0.0189. The summed E-state index contributed by atoms with van der Waals surface area (Å²) in [5, 5.41) is 0. The van der Waals surface area contributed by atoms with Crippen LogP contribution in [0.2, 0.25) is 0 Å². The summed E-state index contributed by atoms with van der Waals surface area (Å²) in [5.74, 6) is -2.01. The van der Waals surface area contributed by atoms with Crippen molar-refractivity contribution in [3.63, 3.8) is 0 Å². The third-order valence-electron chi connectivity index (χ3n) is 3.82. The van der Waals surface area contributed by atoms with Crippen LogP contribution in [0.15, 0.2) is 48.5 Å². The van der Waals surface area contributed by atoms with Gasteiger partial charge in [0, 0.05) is 0 Å². The number of benzene rings is 2. The summed E-state index contributed by atoms with van der Waals surface area (Å²) in [7, 11) is 1.22. The second-order valence-electron chi connectivity index (χ2n) is 6.09. The number of carbonyl (C=O) groups excluding carboxylic acids is 4. The van der Waals surface area contributed by atoms with E-state index in [-0.39, 0.29) is 49.3 Å². The molecule has 0 saturated heterocycles. The van der Waals surface area contributed by atoms with Gasteiger partial charge in [0.15, 0.2) is 5.78 Å². The van der Waals surface area contributed by atoms with Crippen LogP contribution in [0, 0.1) is 0 Å². The molecule has 0 saturated carbocycles. The van der Waals surface area contributed by atoms with Crippen molar-refractivity contribution >= 4 is 23.7 Å². The Balaban J connectivity index is 1.67. The molecular formula is C22H22O9. The van der Waals surface area contributed by atoms with Gasteiger partial charge in [-0.1, -0.05) is 24.3 Å². The smallest absolute Gasteiger partial charge is 0.341 e. The lowest BCUT2D eigenvalue weighted by atomic mass is 10.1. The summed E-state index contributed by atoms with van der Waals surface area (Å²) in [6.07, 6.45) is 0. The molecule has 2 aromatic carbocycles. The Bertz CT molecular complexity index is 936. The van der Waals surface area contributed by atoms with Crippen LogP contribution in [0.1, 0.15) is 27.6 Å². The summed E-state index contributed by atoms with van der Waals surface area (Å²) in [6, 6.07) is 12.5. The molecule has 0 spiro atoms. The van der Waals surface area contributed by atoms with Gasteiger partial charge in [0.25, 0.3) is 0 Å². The highest BCUT2D eigenvalue weighted by Crippen LogP contribution is 2.19. The molecule has 0 aliphatic carbocycles. The first-order chi connectivity index (χ1) is 14.9. The lowest BCUT2D eigenvalue weighted by Gasteiger charge is -2.09. The normalized spacial score (nSPS) is 10.3. The Labute approximate surface area is 178 Å². The van der Waals surface area contributed by atoms with Crippen LogP contribution >= 0.6 is 0 Å². The van der Waals surface area contributed by atoms with E-state index in [1.165, 1.54) is 32.2 Å². The number of esters is 3. The third-order valence-corrected chi connectivity index (χ3v) is 3.82. The molecule has 0 unspecified atom stereocenters. The van der Waals surface area contributed by atoms with E-state index < -0.39 is 17.9 Å². The molecule has 2 aromatic rings. The van der Waals surface area contributed by atoms with E-state index in [0.717, 1.165) is 0 Å². The van der Waals surface area contributed by atoms with Gasteiger partial charge in [-0.3, -0.25) is 4.79 Å². The van der Waals surface area contributed by atoms with Crippen molar-refractivity contribution in [1.82, 2.24) is 0 Å². The third kappa shape index (κ3) is 7.65. The minimum atomic E-state index is -0.711. The van der Waals surface area contributed by atoms with Crippen LogP contribution in [0.3, 0.4) is 0 Å². The highest BCUT2D eigenvalue weighted by atomic mass is 16.6. The molecule has 0 bridgehead atoms. The van der Waals surface area contributed by atoms with Gasteiger partial charge >= 0.3 is 17.9 Å². The van der Waals surface area contributed by atoms with Gasteiger partial charge in [0.2, 0.25) is 0 Å². The second-order valence-corrected chi connectivity index (χ2v) is 6.09. The van der Waals surface area contributed by atoms with E-state index in [1.54, 1.807) is 30.3 Å². The largest absolute Gasteiger partial charge is 0.465 e. The number of hydrogen-bond acceptors (Lipinski definition) is 9. The Hall–Kier alpha value is -3.56. The summed E-state index contributed by atoms with van der Waals surface area (Å²) in [6.45, 7) is 0.682. The zero-order valence-corrected chi connectivity index (χ0v) is 17.1. The lowest BCUT2D eigenvalue weighted by molar-refractivity contribution is -0.143. The Kier molecular flexibility index (Phi) is 9.34. The molecule has 0 N–H and O–H groups in total. The molecule has 0 fully saturated rings.